The molecule has 17 heavy (non-hydrogen) atoms. The zero-order chi connectivity index (χ0) is 12.8. The van der Waals surface area contributed by atoms with Crippen molar-refractivity contribution in [1.29, 1.82) is 0 Å². The van der Waals surface area contributed by atoms with Gasteiger partial charge in [0.2, 0.25) is 11.8 Å². The first-order valence-corrected chi connectivity index (χ1v) is 4.85. The van der Waals surface area contributed by atoms with Crippen LogP contribution in [-0.2, 0) is 9.63 Å². The Balaban J connectivity index is 2.97. The summed E-state index contributed by atoms with van der Waals surface area (Å²) in [6.45, 7) is 1.02. The van der Waals surface area contributed by atoms with Crippen molar-refractivity contribution < 1.29 is 19.5 Å². The predicted molar refractivity (Wildman–Crippen MR) is 59.0 cm³/mol. The van der Waals surface area contributed by atoms with Gasteiger partial charge in [0.05, 0.1) is 30.7 Å². The van der Waals surface area contributed by atoms with E-state index in [9.17, 15) is 9.59 Å². The quantitative estimate of drug-likeness (QED) is 0.671. The zero-order valence-corrected chi connectivity index (χ0v) is 9.29. The molecule has 0 aliphatic heterocycles. The van der Waals surface area contributed by atoms with Gasteiger partial charge in [0.25, 0.3) is 0 Å². The van der Waals surface area contributed by atoms with Crippen molar-refractivity contribution in [2.24, 2.45) is 5.73 Å². The summed E-state index contributed by atoms with van der Waals surface area (Å²) in [6.07, 6.45) is 2.64. The molecule has 0 bridgehead atoms. The minimum Gasteiger partial charge on any atom is -0.394 e. The van der Waals surface area contributed by atoms with Gasteiger partial charge in [0.1, 0.15) is 0 Å². The Morgan fingerprint density at radius 1 is 1.53 bits per heavy atom. The number of amides is 2. The van der Waals surface area contributed by atoms with E-state index in [1.54, 1.807) is 0 Å². The van der Waals surface area contributed by atoms with E-state index in [0.717, 1.165) is 5.06 Å². The number of nitrogens with two attached hydrogens (primary N) is 1. The number of hydroxylamine groups is 1. The Morgan fingerprint density at radius 3 is 2.76 bits per heavy atom. The number of anilines is 1. The molecule has 2 amide bonds. The van der Waals surface area contributed by atoms with E-state index in [0.29, 0.717) is 0 Å². The fourth-order valence-electron chi connectivity index (χ4n) is 1.15. The second-order valence-corrected chi connectivity index (χ2v) is 3.17. The SMILES string of the molecule is CC(=O)N(OCCO)c1cncc(C(N)=O)c1. The Kier molecular flexibility index (Phi) is 4.56. The fraction of sp³-hybridized carbons (Fsp3) is 0.300. The number of aliphatic hydroxyl groups is 1. The second-order valence-electron chi connectivity index (χ2n) is 3.17. The first kappa shape index (κ1) is 13.1. The highest BCUT2D eigenvalue weighted by molar-refractivity contribution is 5.95. The third kappa shape index (κ3) is 3.51. The van der Waals surface area contributed by atoms with Gasteiger partial charge in [-0.3, -0.25) is 19.4 Å². The molecule has 0 spiro atoms. The largest absolute Gasteiger partial charge is 0.394 e. The third-order valence-corrected chi connectivity index (χ3v) is 1.84. The Morgan fingerprint density at radius 2 is 2.24 bits per heavy atom. The summed E-state index contributed by atoms with van der Waals surface area (Å²) in [5.74, 6) is -1.05. The molecule has 0 aliphatic rings. The lowest BCUT2D eigenvalue weighted by Gasteiger charge is -2.19. The number of primary amides is 1. The molecule has 0 unspecified atom stereocenters. The van der Waals surface area contributed by atoms with Crippen molar-refractivity contribution in [3.05, 3.63) is 24.0 Å². The normalized spacial score (nSPS) is 10.0. The number of pyridine rings is 1. The highest BCUT2D eigenvalue weighted by atomic mass is 16.7. The highest BCUT2D eigenvalue weighted by Crippen LogP contribution is 2.15. The lowest BCUT2D eigenvalue weighted by molar-refractivity contribution is -0.124. The van der Waals surface area contributed by atoms with Crippen molar-refractivity contribution in [3.8, 4) is 0 Å². The summed E-state index contributed by atoms with van der Waals surface area (Å²) >= 11 is 0. The van der Waals surface area contributed by atoms with Gasteiger partial charge in [-0.05, 0) is 6.07 Å². The molecular weight excluding hydrogens is 226 g/mol. The summed E-state index contributed by atoms with van der Waals surface area (Å²) in [5, 5.41) is 9.57. The molecule has 92 valence electrons. The van der Waals surface area contributed by atoms with Crippen LogP contribution in [0.5, 0.6) is 0 Å². The standard InChI is InChI=1S/C10H13N3O4/c1-7(15)13(17-3-2-14)9-4-8(10(11)16)5-12-6-9/h4-6,14H,2-3H2,1H3,(H2,11,16). The molecule has 0 aromatic carbocycles. The molecule has 0 atom stereocenters. The molecule has 0 saturated carbocycles. The maximum Gasteiger partial charge on any atom is 0.250 e. The third-order valence-electron chi connectivity index (χ3n) is 1.84. The number of aromatic nitrogens is 1. The van der Waals surface area contributed by atoms with Gasteiger partial charge in [-0.15, -0.1) is 0 Å². The Labute approximate surface area is 97.8 Å². The van der Waals surface area contributed by atoms with Gasteiger partial charge in [0.15, 0.2) is 0 Å². The lowest BCUT2D eigenvalue weighted by Crippen LogP contribution is -2.30. The number of aliphatic hydroxyl groups excluding tert-OH is 1. The molecule has 0 saturated heterocycles. The van der Waals surface area contributed by atoms with Crippen LogP contribution in [0.3, 0.4) is 0 Å². The molecule has 1 aromatic heterocycles. The number of carbonyl (C=O) groups is 2. The van der Waals surface area contributed by atoms with Crippen LogP contribution >= 0.6 is 0 Å². The molecule has 0 aliphatic carbocycles. The molecule has 7 nitrogen and oxygen atoms in total. The smallest absolute Gasteiger partial charge is 0.250 e. The Hall–Kier alpha value is -1.99. The highest BCUT2D eigenvalue weighted by Gasteiger charge is 2.14. The average molecular weight is 239 g/mol. The summed E-state index contributed by atoms with van der Waals surface area (Å²) in [6, 6.07) is 1.38. The van der Waals surface area contributed by atoms with Crippen molar-refractivity contribution in [2.75, 3.05) is 18.3 Å². The van der Waals surface area contributed by atoms with Gasteiger partial charge in [-0.25, -0.2) is 0 Å². The van der Waals surface area contributed by atoms with Crippen LogP contribution in [0.1, 0.15) is 17.3 Å². The van der Waals surface area contributed by atoms with Gasteiger partial charge < -0.3 is 10.8 Å². The Bertz CT molecular complexity index is 422. The molecule has 0 radical (unpaired) electrons. The molecule has 1 heterocycles. The minimum atomic E-state index is -0.648. The first-order valence-electron chi connectivity index (χ1n) is 4.85. The van der Waals surface area contributed by atoms with Crippen LogP contribution in [0.2, 0.25) is 0 Å². The topological polar surface area (TPSA) is 106 Å². The fourth-order valence-corrected chi connectivity index (χ4v) is 1.15. The van der Waals surface area contributed by atoms with E-state index in [2.05, 4.69) is 4.98 Å². The van der Waals surface area contributed by atoms with Crippen LogP contribution < -0.4 is 10.8 Å². The lowest BCUT2D eigenvalue weighted by atomic mass is 10.2. The van der Waals surface area contributed by atoms with Gasteiger partial charge in [-0.1, -0.05) is 0 Å². The van der Waals surface area contributed by atoms with E-state index >= 15 is 0 Å². The number of carbonyl (C=O) groups excluding carboxylic acids is 2. The van der Waals surface area contributed by atoms with Crippen molar-refractivity contribution >= 4 is 17.5 Å². The van der Waals surface area contributed by atoms with Gasteiger partial charge in [0, 0.05) is 13.1 Å². The number of hydrogen-bond acceptors (Lipinski definition) is 5. The molecule has 7 heteroatoms. The number of hydrogen-bond donors (Lipinski definition) is 2. The van der Waals surface area contributed by atoms with E-state index in [4.69, 9.17) is 15.7 Å². The first-order chi connectivity index (χ1) is 8.06. The van der Waals surface area contributed by atoms with Crippen LogP contribution in [-0.4, -0.2) is 35.1 Å². The van der Waals surface area contributed by atoms with Gasteiger partial charge >= 0.3 is 0 Å². The predicted octanol–water partition coefficient (Wildman–Crippen LogP) is -0.543. The summed E-state index contributed by atoms with van der Waals surface area (Å²) in [5.41, 5.74) is 5.54. The molecule has 3 N–H and O–H groups in total. The van der Waals surface area contributed by atoms with E-state index < -0.39 is 11.8 Å². The van der Waals surface area contributed by atoms with E-state index in [1.165, 1.54) is 25.4 Å². The number of rotatable bonds is 5. The second kappa shape index (κ2) is 5.92. The minimum absolute atomic E-state index is 0.0413. The van der Waals surface area contributed by atoms with Crippen LogP contribution in [0.15, 0.2) is 18.5 Å². The van der Waals surface area contributed by atoms with Crippen LogP contribution in [0.4, 0.5) is 5.69 Å². The molecule has 0 fully saturated rings. The molecular formula is C10H13N3O4. The molecule has 1 aromatic rings. The van der Waals surface area contributed by atoms with Crippen molar-refractivity contribution in [3.63, 3.8) is 0 Å². The van der Waals surface area contributed by atoms with Crippen LogP contribution in [0, 0.1) is 0 Å². The van der Waals surface area contributed by atoms with Crippen LogP contribution in [0.25, 0.3) is 0 Å². The van der Waals surface area contributed by atoms with E-state index in [1.807, 2.05) is 0 Å². The van der Waals surface area contributed by atoms with Crippen molar-refractivity contribution in [2.45, 2.75) is 6.92 Å². The maximum absolute atomic E-state index is 11.3. The monoisotopic (exact) mass is 239 g/mol. The summed E-state index contributed by atoms with van der Waals surface area (Å²) < 4.78 is 0. The average Bonchev–Trinajstić information content (AvgIpc) is 2.29. The molecule has 1 rings (SSSR count). The van der Waals surface area contributed by atoms with Crippen molar-refractivity contribution in [1.82, 2.24) is 4.98 Å². The van der Waals surface area contributed by atoms with E-state index in [-0.39, 0.29) is 24.5 Å². The number of nitrogens with zero attached hydrogens (tertiary/aromatic N) is 2. The summed E-state index contributed by atoms with van der Waals surface area (Å²) in [7, 11) is 0. The maximum atomic E-state index is 11.3. The zero-order valence-electron chi connectivity index (χ0n) is 9.29. The summed E-state index contributed by atoms with van der Waals surface area (Å²) in [4.78, 5) is 31.1. The van der Waals surface area contributed by atoms with Gasteiger partial charge in [-0.2, -0.15) is 5.06 Å².